The Balaban J connectivity index is 0.00000320. The molecule has 0 fully saturated rings. The Morgan fingerprint density at radius 2 is 1.93 bits per heavy atom. The molecule has 0 bridgehead atoms. The summed E-state index contributed by atoms with van der Waals surface area (Å²) >= 11 is 0. The third-order valence-electron chi connectivity index (χ3n) is 4.23. The molecule has 6 nitrogen and oxygen atoms in total. The summed E-state index contributed by atoms with van der Waals surface area (Å²) < 4.78 is 19.8. The highest BCUT2D eigenvalue weighted by Crippen LogP contribution is 2.31. The van der Waals surface area contributed by atoms with Crippen molar-refractivity contribution in [3.63, 3.8) is 0 Å². The van der Waals surface area contributed by atoms with E-state index in [-0.39, 0.29) is 36.7 Å². The van der Waals surface area contributed by atoms with Crippen molar-refractivity contribution in [1.29, 1.82) is 5.26 Å². The van der Waals surface area contributed by atoms with Gasteiger partial charge in [-0.2, -0.15) is 5.26 Å². The second-order valence-electron chi connectivity index (χ2n) is 6.48. The lowest BCUT2D eigenvalue weighted by Gasteiger charge is -2.16. The highest BCUT2D eigenvalue weighted by atomic mass is 35.5. The van der Waals surface area contributed by atoms with Crippen LogP contribution in [0, 0.1) is 17.1 Å². The van der Waals surface area contributed by atoms with Gasteiger partial charge in [-0.3, -0.25) is 4.79 Å². The van der Waals surface area contributed by atoms with Gasteiger partial charge in [0.15, 0.2) is 5.82 Å². The van der Waals surface area contributed by atoms with Gasteiger partial charge in [0.2, 0.25) is 0 Å². The van der Waals surface area contributed by atoms with E-state index >= 15 is 0 Å². The van der Waals surface area contributed by atoms with Crippen LogP contribution in [0.1, 0.15) is 17.5 Å². The van der Waals surface area contributed by atoms with Crippen LogP contribution in [-0.4, -0.2) is 22.1 Å². The number of nitriles is 1. The summed E-state index contributed by atoms with van der Waals surface area (Å²) in [4.78, 5) is 14.8. The molecule has 0 radical (unpaired) electrons. The molecular formula is C22H19ClFN3O3. The number of ether oxygens (including phenoxy) is 1. The first kappa shape index (κ1) is 22.8. The van der Waals surface area contributed by atoms with Crippen molar-refractivity contribution in [2.24, 2.45) is 5.73 Å². The van der Waals surface area contributed by atoms with E-state index in [0.29, 0.717) is 11.3 Å². The number of carbonyl (C=O) groups is 1. The van der Waals surface area contributed by atoms with Gasteiger partial charge in [0.05, 0.1) is 12.0 Å². The standard InChI is InChI=1S/C22H18FN3O3.ClH/c23-19-8-14(12-24)13-26-22(19)29-20-7-6-16(15-4-2-1-3-5-15)9-17(20)10-18(25)11-21(27)28;/h1-9,13,18H,10-11,25H2,(H,27,28);1H. The quantitative estimate of drug-likeness (QED) is 0.581. The lowest BCUT2D eigenvalue weighted by atomic mass is 9.97. The molecule has 2 aromatic carbocycles. The van der Waals surface area contributed by atoms with Crippen molar-refractivity contribution in [3.8, 4) is 28.8 Å². The maximum Gasteiger partial charge on any atom is 0.304 e. The number of pyridine rings is 1. The maximum absolute atomic E-state index is 14.2. The van der Waals surface area contributed by atoms with Gasteiger partial charge >= 0.3 is 5.97 Å². The number of aliphatic carboxylic acids is 1. The number of nitrogens with two attached hydrogens (primary N) is 1. The van der Waals surface area contributed by atoms with Crippen molar-refractivity contribution in [1.82, 2.24) is 4.98 Å². The lowest BCUT2D eigenvalue weighted by molar-refractivity contribution is -0.137. The smallest absolute Gasteiger partial charge is 0.304 e. The van der Waals surface area contributed by atoms with Gasteiger partial charge < -0.3 is 15.6 Å². The average molecular weight is 428 g/mol. The number of halogens is 2. The molecule has 30 heavy (non-hydrogen) atoms. The number of aromatic nitrogens is 1. The highest BCUT2D eigenvalue weighted by molar-refractivity contribution is 5.85. The molecule has 3 N–H and O–H groups in total. The molecule has 1 unspecified atom stereocenters. The molecular weight excluding hydrogens is 409 g/mol. The zero-order chi connectivity index (χ0) is 20.8. The molecule has 3 aromatic rings. The Kier molecular flexibility index (Phi) is 7.87. The summed E-state index contributed by atoms with van der Waals surface area (Å²) in [6.45, 7) is 0. The van der Waals surface area contributed by atoms with Crippen LogP contribution in [0.4, 0.5) is 4.39 Å². The van der Waals surface area contributed by atoms with Crippen molar-refractivity contribution in [2.75, 3.05) is 0 Å². The van der Waals surface area contributed by atoms with E-state index in [1.807, 2.05) is 48.5 Å². The fraction of sp³-hybridized carbons (Fsp3) is 0.136. The second kappa shape index (κ2) is 10.3. The van der Waals surface area contributed by atoms with Gasteiger partial charge in [-0.1, -0.05) is 36.4 Å². The van der Waals surface area contributed by atoms with E-state index in [1.54, 1.807) is 6.07 Å². The molecule has 0 aliphatic heterocycles. The number of rotatable bonds is 7. The van der Waals surface area contributed by atoms with Crippen LogP contribution < -0.4 is 10.5 Å². The molecule has 1 aromatic heterocycles. The average Bonchev–Trinajstić information content (AvgIpc) is 2.70. The first-order chi connectivity index (χ1) is 14.0. The van der Waals surface area contributed by atoms with Crippen molar-refractivity contribution in [2.45, 2.75) is 18.9 Å². The Bertz CT molecular complexity index is 1070. The molecule has 8 heteroatoms. The van der Waals surface area contributed by atoms with Crippen molar-refractivity contribution >= 4 is 18.4 Å². The fourth-order valence-electron chi connectivity index (χ4n) is 2.89. The van der Waals surface area contributed by atoms with Crippen LogP contribution in [0.25, 0.3) is 11.1 Å². The van der Waals surface area contributed by atoms with Gasteiger partial charge in [-0.25, -0.2) is 9.37 Å². The molecule has 0 aliphatic carbocycles. The summed E-state index contributed by atoms with van der Waals surface area (Å²) in [6.07, 6.45) is 1.23. The minimum Gasteiger partial charge on any atom is -0.481 e. The van der Waals surface area contributed by atoms with E-state index in [2.05, 4.69) is 4.98 Å². The van der Waals surface area contributed by atoms with Crippen LogP contribution in [-0.2, 0) is 11.2 Å². The van der Waals surface area contributed by atoms with Gasteiger partial charge in [0.1, 0.15) is 11.8 Å². The van der Waals surface area contributed by atoms with Gasteiger partial charge in [-0.15, -0.1) is 12.4 Å². The summed E-state index contributed by atoms with van der Waals surface area (Å²) in [5, 5.41) is 17.8. The van der Waals surface area contributed by atoms with Gasteiger partial charge in [-0.05, 0) is 41.3 Å². The molecule has 0 aliphatic rings. The SMILES string of the molecule is Cl.N#Cc1cnc(Oc2ccc(-c3ccccc3)cc2CC(N)CC(=O)O)c(F)c1. The number of hydrogen-bond acceptors (Lipinski definition) is 5. The topological polar surface area (TPSA) is 109 Å². The summed E-state index contributed by atoms with van der Waals surface area (Å²) in [5.41, 5.74) is 8.53. The third-order valence-corrected chi connectivity index (χ3v) is 4.23. The molecule has 0 spiro atoms. The molecule has 154 valence electrons. The largest absolute Gasteiger partial charge is 0.481 e. The summed E-state index contributed by atoms with van der Waals surface area (Å²) in [6, 6.07) is 17.1. The maximum atomic E-state index is 14.2. The van der Waals surface area contributed by atoms with E-state index in [9.17, 15) is 9.18 Å². The van der Waals surface area contributed by atoms with E-state index in [1.165, 1.54) is 6.20 Å². The van der Waals surface area contributed by atoms with E-state index in [4.69, 9.17) is 20.8 Å². The Hall–Kier alpha value is -3.47. The monoisotopic (exact) mass is 427 g/mol. The van der Waals surface area contributed by atoms with Crippen LogP contribution >= 0.6 is 12.4 Å². The predicted octanol–water partition coefficient (Wildman–Crippen LogP) is 4.32. The zero-order valence-electron chi connectivity index (χ0n) is 15.8. The van der Waals surface area contributed by atoms with Crippen molar-refractivity contribution in [3.05, 3.63) is 77.7 Å². The van der Waals surface area contributed by atoms with Crippen LogP contribution in [0.5, 0.6) is 11.6 Å². The Morgan fingerprint density at radius 3 is 2.57 bits per heavy atom. The molecule has 0 amide bonds. The number of carboxylic acids is 1. The first-order valence-corrected chi connectivity index (χ1v) is 8.85. The van der Waals surface area contributed by atoms with Crippen molar-refractivity contribution < 1.29 is 19.0 Å². The minimum atomic E-state index is -1.00. The number of carboxylic acid groups (broad SMARTS) is 1. The predicted molar refractivity (Wildman–Crippen MR) is 112 cm³/mol. The van der Waals surface area contributed by atoms with Gasteiger partial charge in [0.25, 0.3) is 5.88 Å². The Labute approximate surface area is 179 Å². The van der Waals surface area contributed by atoms with Crippen LogP contribution in [0.15, 0.2) is 60.8 Å². The van der Waals surface area contributed by atoms with Gasteiger partial charge in [0, 0.05) is 12.2 Å². The zero-order valence-corrected chi connectivity index (χ0v) is 16.6. The summed E-state index contributed by atoms with van der Waals surface area (Å²) in [5.74, 6) is -1.72. The number of benzene rings is 2. The van der Waals surface area contributed by atoms with Crippen LogP contribution in [0.2, 0.25) is 0 Å². The Morgan fingerprint density at radius 1 is 1.20 bits per heavy atom. The van der Waals surface area contributed by atoms with Crippen LogP contribution in [0.3, 0.4) is 0 Å². The minimum absolute atomic E-state index is 0. The van der Waals surface area contributed by atoms with E-state index in [0.717, 1.165) is 17.2 Å². The number of nitrogens with zero attached hydrogens (tertiary/aromatic N) is 2. The molecule has 0 saturated carbocycles. The highest BCUT2D eigenvalue weighted by Gasteiger charge is 2.16. The number of hydrogen-bond donors (Lipinski definition) is 2. The second-order valence-corrected chi connectivity index (χ2v) is 6.48. The summed E-state index contributed by atoms with van der Waals surface area (Å²) in [7, 11) is 0. The normalized spacial score (nSPS) is 11.1. The molecule has 0 saturated heterocycles. The molecule has 1 atom stereocenters. The molecule has 1 heterocycles. The third kappa shape index (κ3) is 5.77. The fourth-order valence-corrected chi connectivity index (χ4v) is 2.89. The first-order valence-electron chi connectivity index (χ1n) is 8.85. The molecule has 3 rings (SSSR count). The lowest BCUT2D eigenvalue weighted by Crippen LogP contribution is -2.26. The van der Waals surface area contributed by atoms with E-state index < -0.39 is 17.8 Å².